The van der Waals surface area contributed by atoms with Crippen molar-refractivity contribution < 1.29 is 4.74 Å². The Hall–Kier alpha value is -1.22. The van der Waals surface area contributed by atoms with Gasteiger partial charge in [-0.15, -0.1) is 0 Å². The topological polar surface area (TPSA) is 15.5 Å². The molecule has 1 aromatic carbocycles. The molecule has 2 atom stereocenters. The lowest BCUT2D eigenvalue weighted by atomic mass is 10.3. The maximum Gasteiger partial charge on any atom is 0.121 e. The van der Waals surface area contributed by atoms with E-state index in [0.29, 0.717) is 6.04 Å². The minimum atomic E-state index is 0.661. The summed E-state index contributed by atoms with van der Waals surface area (Å²) in [6.07, 6.45) is 2.88. The molecule has 1 heterocycles. The Morgan fingerprint density at radius 2 is 2.17 bits per heavy atom. The summed E-state index contributed by atoms with van der Waals surface area (Å²) in [6, 6.07) is 8.96. The molecule has 1 aliphatic carbocycles. The fourth-order valence-electron chi connectivity index (χ4n) is 2.28. The molecule has 1 saturated heterocycles. The molecule has 3 nitrogen and oxygen atoms in total. The molecule has 2 fully saturated rings. The Labute approximate surface area is 109 Å². The van der Waals surface area contributed by atoms with Crippen LogP contribution in [-0.4, -0.2) is 44.7 Å². The molecule has 18 heavy (non-hydrogen) atoms. The number of nitrogens with zero attached hydrogens (tertiary/aromatic N) is 2. The van der Waals surface area contributed by atoms with E-state index in [-0.39, 0.29) is 0 Å². The van der Waals surface area contributed by atoms with Crippen LogP contribution in [0, 0.1) is 5.92 Å². The predicted molar refractivity (Wildman–Crippen MR) is 74.3 cm³/mol. The van der Waals surface area contributed by atoms with E-state index < -0.39 is 0 Å². The van der Waals surface area contributed by atoms with Gasteiger partial charge in [-0.3, -0.25) is 4.90 Å². The lowest BCUT2D eigenvalue weighted by Crippen LogP contribution is -2.13. The first kappa shape index (κ1) is 11.8. The maximum atomic E-state index is 5.88. The highest BCUT2D eigenvalue weighted by Gasteiger charge is 2.38. The van der Waals surface area contributed by atoms with Crippen LogP contribution in [0.3, 0.4) is 0 Å². The Morgan fingerprint density at radius 1 is 1.33 bits per heavy atom. The second-order valence-corrected chi connectivity index (χ2v) is 5.75. The predicted octanol–water partition coefficient (Wildman–Crippen LogP) is 2.23. The van der Waals surface area contributed by atoms with Crippen LogP contribution in [0.1, 0.15) is 12.8 Å². The molecule has 0 bridgehead atoms. The van der Waals surface area contributed by atoms with E-state index in [1.165, 1.54) is 31.6 Å². The molecule has 0 spiro atoms. The number of hydrogen-bond acceptors (Lipinski definition) is 3. The minimum Gasteiger partial charge on any atom is -0.492 e. The van der Waals surface area contributed by atoms with Crippen molar-refractivity contribution in [2.24, 2.45) is 5.92 Å². The van der Waals surface area contributed by atoms with Crippen molar-refractivity contribution in [3.8, 4) is 5.75 Å². The van der Waals surface area contributed by atoms with Crippen LogP contribution in [0.2, 0.25) is 0 Å². The third-order valence-corrected chi connectivity index (χ3v) is 3.79. The molecular formula is C15H22N2O. The third-order valence-electron chi connectivity index (χ3n) is 3.79. The highest BCUT2D eigenvalue weighted by atomic mass is 16.5. The van der Waals surface area contributed by atoms with Crippen molar-refractivity contribution in [2.75, 3.05) is 38.7 Å². The van der Waals surface area contributed by atoms with E-state index in [9.17, 15) is 0 Å². The minimum absolute atomic E-state index is 0.661. The number of anilines is 1. The highest BCUT2D eigenvalue weighted by Crippen LogP contribution is 2.33. The second kappa shape index (κ2) is 4.81. The van der Waals surface area contributed by atoms with Gasteiger partial charge in [-0.1, -0.05) is 6.07 Å². The molecule has 1 aliphatic heterocycles. The van der Waals surface area contributed by atoms with Crippen LogP contribution >= 0.6 is 0 Å². The molecule has 2 unspecified atom stereocenters. The molecule has 0 amide bonds. The summed E-state index contributed by atoms with van der Waals surface area (Å²) in [5.74, 6) is 1.98. The monoisotopic (exact) mass is 246 g/mol. The zero-order valence-electron chi connectivity index (χ0n) is 11.3. The van der Waals surface area contributed by atoms with Gasteiger partial charge in [0, 0.05) is 38.9 Å². The third kappa shape index (κ3) is 2.96. The van der Waals surface area contributed by atoms with Gasteiger partial charge in [0.2, 0.25) is 0 Å². The number of benzene rings is 1. The summed E-state index contributed by atoms with van der Waals surface area (Å²) in [5.41, 5.74) is 1.19. The molecule has 98 valence electrons. The molecule has 2 aliphatic rings. The van der Waals surface area contributed by atoms with Crippen LogP contribution in [0.5, 0.6) is 5.75 Å². The van der Waals surface area contributed by atoms with Crippen LogP contribution < -0.4 is 9.64 Å². The average molecular weight is 246 g/mol. The molecular weight excluding hydrogens is 224 g/mol. The van der Waals surface area contributed by atoms with Crippen LogP contribution in [0.25, 0.3) is 0 Å². The van der Waals surface area contributed by atoms with E-state index in [4.69, 9.17) is 4.74 Å². The lowest BCUT2D eigenvalue weighted by molar-refractivity contribution is 0.292. The largest absolute Gasteiger partial charge is 0.492 e. The van der Waals surface area contributed by atoms with Crippen molar-refractivity contribution in [3.05, 3.63) is 24.3 Å². The number of rotatable bonds is 6. The van der Waals surface area contributed by atoms with Crippen molar-refractivity contribution in [1.82, 2.24) is 4.90 Å². The summed E-state index contributed by atoms with van der Waals surface area (Å²) in [4.78, 5) is 4.64. The fourth-order valence-corrected chi connectivity index (χ4v) is 2.28. The first-order valence-electron chi connectivity index (χ1n) is 6.86. The van der Waals surface area contributed by atoms with E-state index in [1.54, 1.807) is 0 Å². The van der Waals surface area contributed by atoms with Crippen LogP contribution in [0.15, 0.2) is 24.3 Å². The quantitative estimate of drug-likeness (QED) is 0.716. The summed E-state index contributed by atoms with van der Waals surface area (Å²) in [7, 11) is 4.11. The van der Waals surface area contributed by atoms with Gasteiger partial charge in [-0.05, 0) is 30.9 Å². The van der Waals surface area contributed by atoms with Gasteiger partial charge in [-0.2, -0.15) is 0 Å². The van der Waals surface area contributed by atoms with Gasteiger partial charge in [-0.25, -0.2) is 0 Å². The molecule has 3 heteroatoms. The van der Waals surface area contributed by atoms with E-state index in [2.05, 4.69) is 42.1 Å². The van der Waals surface area contributed by atoms with Crippen molar-refractivity contribution in [3.63, 3.8) is 0 Å². The normalized spacial score (nSPS) is 25.9. The van der Waals surface area contributed by atoms with Gasteiger partial charge in [0.1, 0.15) is 12.4 Å². The second-order valence-electron chi connectivity index (χ2n) is 5.75. The highest BCUT2D eigenvalue weighted by molar-refractivity contribution is 5.49. The summed E-state index contributed by atoms with van der Waals surface area (Å²) >= 11 is 0. The molecule has 3 rings (SSSR count). The smallest absolute Gasteiger partial charge is 0.121 e. The average Bonchev–Trinajstić information content (AvgIpc) is 3.26. The van der Waals surface area contributed by atoms with Crippen molar-refractivity contribution >= 4 is 5.69 Å². The van der Waals surface area contributed by atoms with Gasteiger partial charge < -0.3 is 9.64 Å². The molecule has 0 aromatic heterocycles. The summed E-state index contributed by atoms with van der Waals surface area (Å²) < 4.78 is 5.88. The first-order chi connectivity index (χ1) is 8.72. The number of hydrogen-bond donors (Lipinski definition) is 0. The van der Waals surface area contributed by atoms with E-state index in [0.717, 1.165) is 18.3 Å². The Kier molecular flexibility index (Phi) is 3.16. The SMILES string of the molecule is CN(C)c1cccc(OCC2CN2CC2CC2)c1. The van der Waals surface area contributed by atoms with Crippen LogP contribution in [0.4, 0.5) is 5.69 Å². The lowest BCUT2D eigenvalue weighted by Gasteiger charge is -2.14. The van der Waals surface area contributed by atoms with E-state index >= 15 is 0 Å². The standard InChI is InChI=1S/C15H22N2O/c1-16(2)13-4-3-5-15(8-13)18-11-14-10-17(14)9-12-6-7-12/h3-5,8,12,14H,6-7,9-11H2,1-2H3. The maximum absolute atomic E-state index is 5.88. The molecule has 0 N–H and O–H groups in total. The Balaban J connectivity index is 1.46. The fraction of sp³-hybridized carbons (Fsp3) is 0.600. The summed E-state index contributed by atoms with van der Waals surface area (Å²) in [5, 5.41) is 0. The zero-order chi connectivity index (χ0) is 12.5. The number of ether oxygens (including phenoxy) is 1. The zero-order valence-corrected chi connectivity index (χ0v) is 11.3. The van der Waals surface area contributed by atoms with Gasteiger partial charge >= 0.3 is 0 Å². The summed E-state index contributed by atoms with van der Waals surface area (Å²) in [6.45, 7) is 3.36. The molecule has 1 aromatic rings. The van der Waals surface area contributed by atoms with Crippen molar-refractivity contribution in [2.45, 2.75) is 18.9 Å². The van der Waals surface area contributed by atoms with E-state index in [1.807, 2.05) is 6.07 Å². The van der Waals surface area contributed by atoms with Crippen molar-refractivity contribution in [1.29, 1.82) is 0 Å². The Morgan fingerprint density at radius 3 is 2.89 bits per heavy atom. The van der Waals surface area contributed by atoms with Gasteiger partial charge in [0.25, 0.3) is 0 Å². The van der Waals surface area contributed by atoms with Gasteiger partial charge in [0.15, 0.2) is 0 Å². The molecule has 0 radical (unpaired) electrons. The Bertz CT molecular complexity index is 415. The first-order valence-corrected chi connectivity index (χ1v) is 6.86. The molecule has 1 saturated carbocycles. The van der Waals surface area contributed by atoms with Crippen LogP contribution in [-0.2, 0) is 0 Å². The van der Waals surface area contributed by atoms with Gasteiger partial charge in [0.05, 0.1) is 6.04 Å².